The highest BCUT2D eigenvalue weighted by atomic mass is 19.4. The molecule has 0 radical (unpaired) electrons. The Balaban J connectivity index is 1.75. The second-order valence-electron chi connectivity index (χ2n) is 6.84. The van der Waals surface area contributed by atoms with E-state index in [0.29, 0.717) is 16.6 Å². The van der Waals surface area contributed by atoms with E-state index < -0.39 is 17.8 Å². The molecule has 4 rings (SSSR count). The Morgan fingerprint density at radius 3 is 2.27 bits per heavy atom. The molecule has 5 nitrogen and oxygen atoms in total. The van der Waals surface area contributed by atoms with Crippen molar-refractivity contribution in [3.8, 4) is 11.3 Å². The molecule has 0 bridgehead atoms. The van der Waals surface area contributed by atoms with Gasteiger partial charge in [0, 0.05) is 25.2 Å². The minimum absolute atomic E-state index is 0.0415. The molecule has 8 heteroatoms. The topological polar surface area (TPSA) is 50.5 Å². The van der Waals surface area contributed by atoms with Crippen LogP contribution in [-0.2, 0) is 12.7 Å². The van der Waals surface area contributed by atoms with E-state index in [0.717, 1.165) is 11.6 Å². The lowest BCUT2D eigenvalue weighted by Crippen LogP contribution is -2.26. The zero-order valence-corrected chi connectivity index (χ0v) is 16.0. The van der Waals surface area contributed by atoms with Gasteiger partial charge in [0.05, 0.1) is 5.69 Å². The van der Waals surface area contributed by atoms with E-state index in [1.807, 2.05) is 30.3 Å². The molecule has 0 aliphatic carbocycles. The van der Waals surface area contributed by atoms with Crippen molar-refractivity contribution in [2.75, 3.05) is 7.05 Å². The predicted molar refractivity (Wildman–Crippen MR) is 106 cm³/mol. The third-order valence-corrected chi connectivity index (χ3v) is 4.62. The van der Waals surface area contributed by atoms with Gasteiger partial charge in [0.15, 0.2) is 17.0 Å². The molecule has 152 valence electrons. The summed E-state index contributed by atoms with van der Waals surface area (Å²) in [6.45, 7) is 0.308. The summed E-state index contributed by atoms with van der Waals surface area (Å²) < 4.78 is 41.7. The molecule has 4 aromatic rings. The highest BCUT2D eigenvalue weighted by molar-refractivity contribution is 5.93. The fourth-order valence-corrected chi connectivity index (χ4v) is 3.16. The molecular formula is C22H17F3N4O. The van der Waals surface area contributed by atoms with Crippen molar-refractivity contribution in [1.82, 2.24) is 19.5 Å². The van der Waals surface area contributed by atoms with Crippen molar-refractivity contribution in [3.05, 3.63) is 89.7 Å². The SMILES string of the molecule is CN(Cc1ccccc1)C(=O)c1cc2nc(-c3ccccc3)cc(C(F)(F)F)n2n1. The molecule has 2 aromatic carbocycles. The van der Waals surface area contributed by atoms with Crippen LogP contribution in [0, 0.1) is 0 Å². The van der Waals surface area contributed by atoms with Crippen LogP contribution in [0.1, 0.15) is 21.7 Å². The zero-order chi connectivity index (χ0) is 21.3. The van der Waals surface area contributed by atoms with Gasteiger partial charge in [-0.05, 0) is 11.6 Å². The summed E-state index contributed by atoms with van der Waals surface area (Å²) in [5.74, 6) is -0.487. The van der Waals surface area contributed by atoms with Gasteiger partial charge in [-0.3, -0.25) is 4.79 Å². The highest BCUT2D eigenvalue weighted by Gasteiger charge is 2.35. The Labute approximate surface area is 170 Å². The van der Waals surface area contributed by atoms with Crippen LogP contribution in [0.5, 0.6) is 0 Å². The van der Waals surface area contributed by atoms with Crippen molar-refractivity contribution in [3.63, 3.8) is 0 Å². The number of hydrogen-bond acceptors (Lipinski definition) is 3. The number of benzene rings is 2. The van der Waals surface area contributed by atoms with Crippen molar-refractivity contribution < 1.29 is 18.0 Å². The largest absolute Gasteiger partial charge is 0.433 e. The van der Waals surface area contributed by atoms with E-state index in [-0.39, 0.29) is 17.0 Å². The molecule has 30 heavy (non-hydrogen) atoms. The smallest absolute Gasteiger partial charge is 0.336 e. The number of hydrogen-bond donors (Lipinski definition) is 0. The van der Waals surface area contributed by atoms with Gasteiger partial charge in [-0.1, -0.05) is 60.7 Å². The van der Waals surface area contributed by atoms with E-state index >= 15 is 0 Å². The lowest BCUT2D eigenvalue weighted by atomic mass is 10.1. The van der Waals surface area contributed by atoms with Crippen molar-refractivity contribution in [2.24, 2.45) is 0 Å². The number of rotatable bonds is 4. The highest BCUT2D eigenvalue weighted by Crippen LogP contribution is 2.32. The molecule has 2 heterocycles. The van der Waals surface area contributed by atoms with E-state index in [1.165, 1.54) is 11.0 Å². The number of halogens is 3. The summed E-state index contributed by atoms with van der Waals surface area (Å²) in [5, 5.41) is 3.92. The van der Waals surface area contributed by atoms with Crippen LogP contribution in [-0.4, -0.2) is 32.5 Å². The Kier molecular flexibility index (Phi) is 4.99. The fourth-order valence-electron chi connectivity index (χ4n) is 3.16. The quantitative estimate of drug-likeness (QED) is 0.491. The number of carbonyl (C=O) groups is 1. The average Bonchev–Trinajstić information content (AvgIpc) is 3.17. The van der Waals surface area contributed by atoms with E-state index in [2.05, 4.69) is 10.1 Å². The molecule has 2 aromatic heterocycles. The van der Waals surface area contributed by atoms with Crippen molar-refractivity contribution in [2.45, 2.75) is 12.7 Å². The molecule has 0 atom stereocenters. The minimum atomic E-state index is -4.66. The first kappa shape index (κ1) is 19.6. The number of amides is 1. The summed E-state index contributed by atoms with van der Waals surface area (Å²) in [6.07, 6.45) is -4.66. The van der Waals surface area contributed by atoms with Gasteiger partial charge >= 0.3 is 6.18 Å². The number of nitrogens with zero attached hydrogens (tertiary/aromatic N) is 4. The third kappa shape index (κ3) is 3.89. The van der Waals surface area contributed by atoms with Gasteiger partial charge in [-0.25, -0.2) is 9.50 Å². The van der Waals surface area contributed by atoms with E-state index in [4.69, 9.17) is 0 Å². The van der Waals surface area contributed by atoms with Gasteiger partial charge in [-0.2, -0.15) is 18.3 Å². The Morgan fingerprint density at radius 2 is 1.63 bits per heavy atom. The van der Waals surface area contributed by atoms with Crippen molar-refractivity contribution >= 4 is 11.6 Å². The second kappa shape index (κ2) is 7.62. The maximum absolute atomic E-state index is 13.7. The number of carbonyl (C=O) groups excluding carboxylic acids is 1. The molecule has 0 unspecified atom stereocenters. The van der Waals surface area contributed by atoms with Crippen LogP contribution in [0.4, 0.5) is 13.2 Å². The van der Waals surface area contributed by atoms with Crippen molar-refractivity contribution in [1.29, 1.82) is 0 Å². The first-order valence-corrected chi connectivity index (χ1v) is 9.16. The summed E-state index contributed by atoms with van der Waals surface area (Å²) >= 11 is 0. The molecule has 0 aliphatic rings. The molecule has 1 amide bonds. The Morgan fingerprint density at radius 1 is 1.00 bits per heavy atom. The standard InChI is InChI=1S/C22H17F3N4O/c1-28(14-15-8-4-2-5-9-15)21(30)18-13-20-26-17(16-10-6-3-7-11-16)12-19(22(23,24)25)29(20)27-18/h2-13H,14H2,1H3. The van der Waals surface area contributed by atoms with Gasteiger partial charge in [0.25, 0.3) is 5.91 Å². The molecule has 0 fully saturated rings. The summed E-state index contributed by atoms with van der Waals surface area (Å²) in [5.41, 5.74) is 0.471. The lowest BCUT2D eigenvalue weighted by Gasteiger charge is -2.15. The van der Waals surface area contributed by atoms with Gasteiger partial charge in [-0.15, -0.1) is 0 Å². The molecule has 0 N–H and O–H groups in total. The Hall–Kier alpha value is -3.68. The van der Waals surface area contributed by atoms with Gasteiger partial charge in [0.1, 0.15) is 0 Å². The number of alkyl halides is 3. The maximum Gasteiger partial charge on any atom is 0.433 e. The summed E-state index contributed by atoms with van der Waals surface area (Å²) in [6, 6.07) is 20.1. The minimum Gasteiger partial charge on any atom is -0.336 e. The first-order chi connectivity index (χ1) is 14.3. The monoisotopic (exact) mass is 410 g/mol. The van der Waals surface area contributed by atoms with E-state index in [1.54, 1.807) is 37.4 Å². The fraction of sp³-hybridized carbons (Fsp3) is 0.136. The summed E-state index contributed by atoms with van der Waals surface area (Å²) in [4.78, 5) is 18.5. The van der Waals surface area contributed by atoms with Gasteiger partial charge in [0.2, 0.25) is 0 Å². The van der Waals surface area contributed by atoms with Gasteiger partial charge < -0.3 is 4.90 Å². The van der Waals surface area contributed by atoms with E-state index in [9.17, 15) is 18.0 Å². The summed E-state index contributed by atoms with van der Waals surface area (Å²) in [7, 11) is 1.58. The van der Waals surface area contributed by atoms with Crippen LogP contribution < -0.4 is 0 Å². The van der Waals surface area contributed by atoms with Crippen LogP contribution in [0.3, 0.4) is 0 Å². The maximum atomic E-state index is 13.7. The second-order valence-corrected chi connectivity index (χ2v) is 6.84. The Bertz CT molecular complexity index is 1190. The van der Waals surface area contributed by atoms with Crippen LogP contribution >= 0.6 is 0 Å². The molecule has 0 saturated heterocycles. The zero-order valence-electron chi connectivity index (χ0n) is 16.0. The van der Waals surface area contributed by atoms with Crippen LogP contribution in [0.2, 0.25) is 0 Å². The normalized spacial score (nSPS) is 11.6. The predicted octanol–water partition coefficient (Wildman–Crippen LogP) is 4.69. The molecular weight excluding hydrogens is 393 g/mol. The average molecular weight is 410 g/mol. The third-order valence-electron chi connectivity index (χ3n) is 4.62. The lowest BCUT2D eigenvalue weighted by molar-refractivity contribution is -0.142. The number of fused-ring (bicyclic) bond motifs is 1. The molecule has 0 spiro atoms. The number of aromatic nitrogens is 3. The molecule has 0 aliphatic heterocycles. The molecule has 0 saturated carbocycles. The van der Waals surface area contributed by atoms with Crippen LogP contribution in [0.25, 0.3) is 16.9 Å². The van der Waals surface area contributed by atoms with Crippen LogP contribution in [0.15, 0.2) is 72.8 Å². The first-order valence-electron chi connectivity index (χ1n) is 9.16.